The SMILES string of the molecule is O=C(O)/C=C/c1c(Cl)cccc1OCOCC1CC1. The second kappa shape index (κ2) is 6.59. The van der Waals surface area contributed by atoms with Gasteiger partial charge in [0, 0.05) is 11.6 Å². The summed E-state index contributed by atoms with van der Waals surface area (Å²) in [5.41, 5.74) is 0.543. The van der Waals surface area contributed by atoms with E-state index in [1.165, 1.54) is 18.9 Å². The van der Waals surface area contributed by atoms with Crippen molar-refractivity contribution in [2.45, 2.75) is 12.8 Å². The summed E-state index contributed by atoms with van der Waals surface area (Å²) in [6.07, 6.45) is 4.90. The van der Waals surface area contributed by atoms with Gasteiger partial charge in [-0.3, -0.25) is 0 Å². The van der Waals surface area contributed by atoms with Crippen molar-refractivity contribution < 1.29 is 19.4 Å². The van der Waals surface area contributed by atoms with Gasteiger partial charge >= 0.3 is 5.97 Å². The Bertz CT molecular complexity index is 480. The molecular weight excluding hydrogens is 268 g/mol. The van der Waals surface area contributed by atoms with Crippen LogP contribution in [-0.4, -0.2) is 24.5 Å². The molecule has 0 aromatic heterocycles. The fourth-order valence-electron chi connectivity index (χ4n) is 1.56. The van der Waals surface area contributed by atoms with Crippen LogP contribution in [0.15, 0.2) is 24.3 Å². The number of hydrogen-bond acceptors (Lipinski definition) is 3. The van der Waals surface area contributed by atoms with Crippen LogP contribution in [0.1, 0.15) is 18.4 Å². The van der Waals surface area contributed by atoms with Gasteiger partial charge in [0.2, 0.25) is 0 Å². The molecule has 1 aliphatic rings. The van der Waals surface area contributed by atoms with Gasteiger partial charge in [-0.05, 0) is 37.0 Å². The second-order valence-electron chi connectivity index (χ2n) is 4.40. The third-order valence-electron chi connectivity index (χ3n) is 2.75. The van der Waals surface area contributed by atoms with Gasteiger partial charge in [-0.25, -0.2) is 4.79 Å². The predicted octanol–water partition coefficient (Wildman–Crippen LogP) is 3.20. The molecule has 0 saturated heterocycles. The van der Waals surface area contributed by atoms with E-state index in [4.69, 9.17) is 26.2 Å². The first kappa shape index (κ1) is 13.9. The highest BCUT2D eigenvalue weighted by Gasteiger charge is 2.21. The lowest BCUT2D eigenvalue weighted by molar-refractivity contribution is -0.131. The lowest BCUT2D eigenvalue weighted by atomic mass is 10.2. The molecule has 0 spiro atoms. The highest BCUT2D eigenvalue weighted by molar-refractivity contribution is 6.32. The first-order valence-corrected chi connectivity index (χ1v) is 6.44. The minimum absolute atomic E-state index is 0.144. The Hall–Kier alpha value is -1.52. The van der Waals surface area contributed by atoms with Gasteiger partial charge in [0.15, 0.2) is 6.79 Å². The van der Waals surface area contributed by atoms with E-state index < -0.39 is 5.97 Å². The smallest absolute Gasteiger partial charge is 0.328 e. The molecule has 0 bridgehead atoms. The number of ether oxygens (including phenoxy) is 2. The maximum Gasteiger partial charge on any atom is 0.328 e. The summed E-state index contributed by atoms with van der Waals surface area (Å²) in [6, 6.07) is 5.16. The minimum atomic E-state index is -1.03. The van der Waals surface area contributed by atoms with Crippen molar-refractivity contribution in [2.24, 2.45) is 5.92 Å². The van der Waals surface area contributed by atoms with Gasteiger partial charge in [0.25, 0.3) is 0 Å². The summed E-state index contributed by atoms with van der Waals surface area (Å²) in [7, 11) is 0. The Morgan fingerprint density at radius 2 is 2.26 bits per heavy atom. The second-order valence-corrected chi connectivity index (χ2v) is 4.81. The monoisotopic (exact) mass is 282 g/mol. The summed E-state index contributed by atoms with van der Waals surface area (Å²) >= 11 is 6.02. The molecule has 5 heteroatoms. The summed E-state index contributed by atoms with van der Waals surface area (Å²) in [5.74, 6) is 0.158. The summed E-state index contributed by atoms with van der Waals surface area (Å²) in [6.45, 7) is 0.853. The van der Waals surface area contributed by atoms with Crippen molar-refractivity contribution in [1.29, 1.82) is 0 Å². The molecule has 2 rings (SSSR count). The molecule has 0 heterocycles. The van der Waals surface area contributed by atoms with Gasteiger partial charge < -0.3 is 14.6 Å². The maximum absolute atomic E-state index is 10.5. The van der Waals surface area contributed by atoms with E-state index in [1.807, 2.05) is 0 Å². The van der Waals surface area contributed by atoms with E-state index in [9.17, 15) is 4.79 Å². The number of hydrogen-bond donors (Lipinski definition) is 1. The van der Waals surface area contributed by atoms with Crippen LogP contribution in [0, 0.1) is 5.92 Å². The molecule has 1 aliphatic carbocycles. The van der Waals surface area contributed by atoms with Crippen molar-refractivity contribution in [1.82, 2.24) is 0 Å². The normalized spacial score (nSPS) is 14.8. The molecule has 0 amide bonds. The van der Waals surface area contributed by atoms with E-state index in [2.05, 4.69) is 0 Å². The van der Waals surface area contributed by atoms with Gasteiger partial charge in [0.05, 0.1) is 11.6 Å². The van der Waals surface area contributed by atoms with Crippen molar-refractivity contribution in [3.63, 3.8) is 0 Å². The van der Waals surface area contributed by atoms with Gasteiger partial charge in [0.1, 0.15) is 5.75 Å². The van der Waals surface area contributed by atoms with E-state index in [1.54, 1.807) is 18.2 Å². The number of halogens is 1. The first-order chi connectivity index (χ1) is 9.16. The van der Waals surface area contributed by atoms with E-state index in [0.29, 0.717) is 28.9 Å². The first-order valence-electron chi connectivity index (χ1n) is 6.07. The van der Waals surface area contributed by atoms with Crippen LogP contribution in [0.3, 0.4) is 0 Å². The van der Waals surface area contributed by atoms with Crippen molar-refractivity contribution in [2.75, 3.05) is 13.4 Å². The Kier molecular flexibility index (Phi) is 4.82. The van der Waals surface area contributed by atoms with Crippen LogP contribution in [0.4, 0.5) is 0 Å². The fraction of sp³-hybridized carbons (Fsp3) is 0.357. The van der Waals surface area contributed by atoms with Crippen molar-refractivity contribution in [3.8, 4) is 5.75 Å². The van der Waals surface area contributed by atoms with Crippen molar-refractivity contribution >= 4 is 23.6 Å². The zero-order chi connectivity index (χ0) is 13.7. The Labute approximate surface area is 116 Å². The van der Waals surface area contributed by atoms with Crippen LogP contribution in [0.2, 0.25) is 5.02 Å². The number of carboxylic acid groups (broad SMARTS) is 1. The molecule has 102 valence electrons. The van der Waals surface area contributed by atoms with Crippen LogP contribution in [0.25, 0.3) is 6.08 Å². The molecule has 0 aliphatic heterocycles. The Morgan fingerprint density at radius 3 is 2.95 bits per heavy atom. The highest BCUT2D eigenvalue weighted by Crippen LogP contribution is 2.30. The van der Waals surface area contributed by atoms with Gasteiger partial charge in [-0.15, -0.1) is 0 Å². The summed E-state index contributed by atoms with van der Waals surface area (Å²) in [5, 5.41) is 9.09. The number of carboxylic acids is 1. The molecule has 1 aromatic rings. The largest absolute Gasteiger partial charge is 0.478 e. The molecule has 4 nitrogen and oxygen atoms in total. The third kappa shape index (κ3) is 4.58. The average Bonchev–Trinajstić information content (AvgIpc) is 3.17. The van der Waals surface area contributed by atoms with E-state index in [0.717, 1.165) is 6.08 Å². The zero-order valence-electron chi connectivity index (χ0n) is 10.3. The lowest BCUT2D eigenvalue weighted by Crippen LogP contribution is -2.06. The highest BCUT2D eigenvalue weighted by atomic mass is 35.5. The number of aliphatic carboxylic acids is 1. The van der Waals surface area contributed by atoms with Crippen LogP contribution in [0.5, 0.6) is 5.75 Å². The fourth-order valence-corrected chi connectivity index (χ4v) is 1.79. The number of benzene rings is 1. The summed E-state index contributed by atoms with van der Waals surface area (Å²) in [4.78, 5) is 10.5. The summed E-state index contributed by atoms with van der Waals surface area (Å²) < 4.78 is 10.9. The molecule has 1 aromatic carbocycles. The van der Waals surface area contributed by atoms with E-state index >= 15 is 0 Å². The van der Waals surface area contributed by atoms with Crippen LogP contribution < -0.4 is 4.74 Å². The third-order valence-corrected chi connectivity index (χ3v) is 3.08. The van der Waals surface area contributed by atoms with E-state index in [-0.39, 0.29) is 6.79 Å². The topological polar surface area (TPSA) is 55.8 Å². The lowest BCUT2D eigenvalue weighted by Gasteiger charge is -2.10. The van der Waals surface area contributed by atoms with Gasteiger partial charge in [-0.2, -0.15) is 0 Å². The Balaban J connectivity index is 1.96. The Morgan fingerprint density at radius 1 is 1.47 bits per heavy atom. The standard InChI is InChI=1S/C14H15ClO4/c15-12-2-1-3-13(11(12)6-7-14(16)17)19-9-18-8-10-4-5-10/h1-3,6-7,10H,4-5,8-9H2,(H,16,17)/b7-6+. The maximum atomic E-state index is 10.5. The molecule has 0 unspecified atom stereocenters. The average molecular weight is 283 g/mol. The zero-order valence-corrected chi connectivity index (χ0v) is 11.1. The number of rotatable bonds is 7. The minimum Gasteiger partial charge on any atom is -0.478 e. The van der Waals surface area contributed by atoms with Crippen LogP contribution >= 0.6 is 11.6 Å². The quantitative estimate of drug-likeness (QED) is 0.474. The van der Waals surface area contributed by atoms with Crippen molar-refractivity contribution in [3.05, 3.63) is 34.9 Å². The van der Waals surface area contributed by atoms with Crippen LogP contribution in [-0.2, 0) is 9.53 Å². The number of carbonyl (C=O) groups is 1. The molecule has 1 N–H and O–H groups in total. The molecular formula is C14H15ClO4. The molecule has 1 saturated carbocycles. The molecule has 1 fully saturated rings. The van der Waals surface area contributed by atoms with Gasteiger partial charge in [-0.1, -0.05) is 17.7 Å². The predicted molar refractivity (Wildman–Crippen MR) is 72.3 cm³/mol. The molecule has 0 atom stereocenters. The molecule has 19 heavy (non-hydrogen) atoms. The molecule has 0 radical (unpaired) electrons.